The van der Waals surface area contributed by atoms with E-state index in [9.17, 15) is 0 Å². The van der Waals surface area contributed by atoms with Crippen LogP contribution < -0.4 is 5.32 Å². The summed E-state index contributed by atoms with van der Waals surface area (Å²) in [5, 5.41) is 4.69. The van der Waals surface area contributed by atoms with Crippen LogP contribution in [0.15, 0.2) is 6.20 Å². The van der Waals surface area contributed by atoms with Gasteiger partial charge in [0, 0.05) is 17.6 Å². The van der Waals surface area contributed by atoms with Crippen LogP contribution in [0.2, 0.25) is 0 Å². The minimum atomic E-state index is 0.334. The Kier molecular flexibility index (Phi) is 3.67. The van der Waals surface area contributed by atoms with E-state index in [1.54, 1.807) is 11.3 Å². The van der Waals surface area contributed by atoms with Gasteiger partial charge in [0.25, 0.3) is 0 Å². The minimum Gasteiger partial charge on any atom is -0.308 e. The molecule has 0 aromatic carbocycles. The average molecular weight is 212 g/mol. The number of thiazole rings is 1. The fourth-order valence-electron chi connectivity index (χ4n) is 1.12. The highest BCUT2D eigenvalue weighted by Gasteiger charge is 2.14. The van der Waals surface area contributed by atoms with E-state index >= 15 is 0 Å². The van der Waals surface area contributed by atoms with Crippen LogP contribution in [0.5, 0.6) is 0 Å². The predicted octanol–water partition coefficient (Wildman–Crippen LogP) is 3.15. The van der Waals surface area contributed by atoms with Gasteiger partial charge in [-0.25, -0.2) is 4.98 Å². The summed E-state index contributed by atoms with van der Waals surface area (Å²) in [5.41, 5.74) is 0.334. The first kappa shape index (κ1) is 11.7. The maximum absolute atomic E-state index is 4.37. The zero-order chi connectivity index (χ0) is 10.8. The predicted molar refractivity (Wildman–Crippen MR) is 62.7 cm³/mol. The SMILES string of the molecule is Cc1cnc(C(C)NCC(C)(C)C)s1. The molecule has 80 valence electrons. The average Bonchev–Trinajstić information content (AvgIpc) is 2.46. The molecule has 0 bridgehead atoms. The number of aromatic nitrogens is 1. The number of nitrogens with zero attached hydrogens (tertiary/aromatic N) is 1. The number of nitrogens with one attached hydrogen (secondary N) is 1. The molecule has 0 aliphatic carbocycles. The summed E-state index contributed by atoms with van der Waals surface area (Å²) in [4.78, 5) is 5.65. The Morgan fingerprint density at radius 1 is 1.50 bits per heavy atom. The number of hydrogen-bond donors (Lipinski definition) is 1. The first-order valence-electron chi connectivity index (χ1n) is 5.04. The highest BCUT2D eigenvalue weighted by molar-refractivity contribution is 7.11. The summed E-state index contributed by atoms with van der Waals surface area (Å²) in [6.45, 7) is 12.0. The Hall–Kier alpha value is -0.410. The quantitative estimate of drug-likeness (QED) is 0.832. The zero-order valence-electron chi connectivity index (χ0n) is 9.72. The second kappa shape index (κ2) is 4.41. The maximum atomic E-state index is 4.37. The van der Waals surface area contributed by atoms with E-state index in [0.717, 1.165) is 6.54 Å². The van der Waals surface area contributed by atoms with Gasteiger partial charge in [-0.15, -0.1) is 11.3 Å². The molecule has 14 heavy (non-hydrogen) atoms. The van der Waals surface area contributed by atoms with Crippen molar-refractivity contribution >= 4 is 11.3 Å². The second-order valence-corrected chi connectivity index (χ2v) is 6.24. The maximum Gasteiger partial charge on any atom is 0.109 e. The summed E-state index contributed by atoms with van der Waals surface area (Å²) >= 11 is 1.77. The van der Waals surface area contributed by atoms with Gasteiger partial charge in [-0.2, -0.15) is 0 Å². The highest BCUT2D eigenvalue weighted by Crippen LogP contribution is 2.20. The molecular formula is C11H20N2S. The van der Waals surface area contributed by atoms with Crippen LogP contribution in [0.3, 0.4) is 0 Å². The summed E-state index contributed by atoms with van der Waals surface area (Å²) in [6.07, 6.45) is 1.94. The van der Waals surface area contributed by atoms with E-state index < -0.39 is 0 Å². The van der Waals surface area contributed by atoms with Crippen molar-refractivity contribution in [3.63, 3.8) is 0 Å². The molecule has 1 rings (SSSR count). The molecule has 0 saturated carbocycles. The van der Waals surface area contributed by atoms with Crippen molar-refractivity contribution in [3.8, 4) is 0 Å². The fraction of sp³-hybridized carbons (Fsp3) is 0.727. The van der Waals surface area contributed by atoms with Gasteiger partial charge in [0.05, 0.1) is 6.04 Å². The molecule has 0 saturated heterocycles. The van der Waals surface area contributed by atoms with Crippen LogP contribution in [0, 0.1) is 12.3 Å². The van der Waals surface area contributed by atoms with E-state index in [1.165, 1.54) is 9.88 Å². The van der Waals surface area contributed by atoms with Crippen molar-refractivity contribution in [2.75, 3.05) is 6.54 Å². The van der Waals surface area contributed by atoms with Crippen LogP contribution in [-0.2, 0) is 0 Å². The third kappa shape index (κ3) is 3.76. The molecule has 1 unspecified atom stereocenters. The summed E-state index contributed by atoms with van der Waals surface area (Å²) < 4.78 is 0. The number of aryl methyl sites for hydroxylation is 1. The summed E-state index contributed by atoms with van der Waals surface area (Å²) in [6, 6.07) is 0.368. The van der Waals surface area contributed by atoms with Crippen LogP contribution in [0.1, 0.15) is 43.6 Å². The van der Waals surface area contributed by atoms with Crippen LogP contribution in [0.25, 0.3) is 0 Å². The lowest BCUT2D eigenvalue weighted by molar-refractivity contribution is 0.359. The largest absolute Gasteiger partial charge is 0.308 e. The summed E-state index contributed by atoms with van der Waals surface area (Å²) in [5.74, 6) is 0. The van der Waals surface area contributed by atoms with E-state index in [2.05, 4.69) is 44.9 Å². The molecule has 0 fully saturated rings. The summed E-state index contributed by atoms with van der Waals surface area (Å²) in [7, 11) is 0. The molecule has 0 aliphatic heterocycles. The Balaban J connectivity index is 2.47. The van der Waals surface area contributed by atoms with Crippen LogP contribution in [-0.4, -0.2) is 11.5 Å². The molecule has 3 heteroatoms. The van der Waals surface area contributed by atoms with Gasteiger partial charge in [-0.05, 0) is 19.3 Å². The van der Waals surface area contributed by atoms with Gasteiger partial charge in [0.15, 0.2) is 0 Å². The van der Waals surface area contributed by atoms with Gasteiger partial charge in [0.1, 0.15) is 5.01 Å². The van der Waals surface area contributed by atoms with Crippen molar-refractivity contribution in [2.24, 2.45) is 5.41 Å². The van der Waals surface area contributed by atoms with Crippen molar-refractivity contribution < 1.29 is 0 Å². The topological polar surface area (TPSA) is 24.9 Å². The first-order valence-corrected chi connectivity index (χ1v) is 5.86. The van der Waals surface area contributed by atoms with E-state index in [1.807, 2.05) is 6.20 Å². The van der Waals surface area contributed by atoms with E-state index in [4.69, 9.17) is 0 Å². The Bertz CT molecular complexity index is 286. The van der Waals surface area contributed by atoms with Gasteiger partial charge in [-0.3, -0.25) is 0 Å². The monoisotopic (exact) mass is 212 g/mol. The van der Waals surface area contributed by atoms with Crippen LogP contribution >= 0.6 is 11.3 Å². The fourth-order valence-corrected chi connectivity index (χ4v) is 1.92. The number of rotatable bonds is 3. The molecule has 2 nitrogen and oxygen atoms in total. The Morgan fingerprint density at radius 2 is 2.14 bits per heavy atom. The van der Waals surface area contributed by atoms with Gasteiger partial charge < -0.3 is 5.32 Å². The number of hydrogen-bond acceptors (Lipinski definition) is 3. The molecule has 0 aliphatic rings. The lowest BCUT2D eigenvalue weighted by Gasteiger charge is -2.21. The lowest BCUT2D eigenvalue weighted by atomic mass is 9.97. The smallest absolute Gasteiger partial charge is 0.109 e. The standard InChI is InChI=1S/C11H20N2S/c1-8-6-12-10(14-8)9(2)13-7-11(3,4)5/h6,9,13H,7H2,1-5H3. The van der Waals surface area contributed by atoms with E-state index in [-0.39, 0.29) is 0 Å². The Labute approximate surface area is 90.8 Å². The van der Waals surface area contributed by atoms with Crippen molar-refractivity contribution in [2.45, 2.75) is 40.7 Å². The highest BCUT2D eigenvalue weighted by atomic mass is 32.1. The molecule has 1 aromatic rings. The van der Waals surface area contributed by atoms with Gasteiger partial charge >= 0.3 is 0 Å². The lowest BCUT2D eigenvalue weighted by Crippen LogP contribution is -2.29. The molecule has 0 spiro atoms. The van der Waals surface area contributed by atoms with Crippen molar-refractivity contribution in [1.29, 1.82) is 0 Å². The molecule has 0 radical (unpaired) electrons. The van der Waals surface area contributed by atoms with Crippen LogP contribution in [0.4, 0.5) is 0 Å². The molecule has 0 amide bonds. The molecule has 1 aromatic heterocycles. The Morgan fingerprint density at radius 3 is 2.57 bits per heavy atom. The molecular weight excluding hydrogens is 192 g/mol. The minimum absolute atomic E-state index is 0.334. The van der Waals surface area contributed by atoms with Crippen molar-refractivity contribution in [3.05, 3.63) is 16.1 Å². The van der Waals surface area contributed by atoms with Gasteiger partial charge in [-0.1, -0.05) is 20.8 Å². The first-order chi connectivity index (χ1) is 6.38. The zero-order valence-corrected chi connectivity index (χ0v) is 10.5. The second-order valence-electron chi connectivity index (χ2n) is 4.97. The molecule has 1 heterocycles. The molecule has 1 atom stereocenters. The van der Waals surface area contributed by atoms with Gasteiger partial charge in [0.2, 0.25) is 0 Å². The van der Waals surface area contributed by atoms with Crippen molar-refractivity contribution in [1.82, 2.24) is 10.3 Å². The third-order valence-corrected chi connectivity index (χ3v) is 3.04. The van der Waals surface area contributed by atoms with E-state index in [0.29, 0.717) is 11.5 Å². The third-order valence-electron chi connectivity index (χ3n) is 1.95. The normalized spacial score (nSPS) is 14.4. The molecule has 1 N–H and O–H groups in total.